The minimum atomic E-state index is -0.796. The van der Waals surface area contributed by atoms with Crippen LogP contribution in [-0.2, 0) is 0 Å². The largest absolute Gasteiger partial charge is 0.409 e. The van der Waals surface area contributed by atoms with Crippen molar-refractivity contribution in [2.24, 2.45) is 5.73 Å². The van der Waals surface area contributed by atoms with E-state index >= 15 is 0 Å². The molecular weight excluding hydrogens is 337 g/mol. The van der Waals surface area contributed by atoms with Crippen LogP contribution in [0.15, 0.2) is 22.7 Å². The first kappa shape index (κ1) is 9.79. The highest BCUT2D eigenvalue weighted by molar-refractivity contribution is 14.1. The average molecular weight is 342 g/mol. The smallest absolute Gasteiger partial charge is 0.409 e. The molecule has 64 valence electrons. The Morgan fingerprint density at radius 3 is 2.75 bits per heavy atom. The van der Waals surface area contributed by atoms with Gasteiger partial charge in [0.1, 0.15) is 5.75 Å². The van der Waals surface area contributed by atoms with E-state index in [9.17, 15) is 4.79 Å². The molecule has 0 atom stereocenters. The number of rotatable bonds is 1. The van der Waals surface area contributed by atoms with E-state index < -0.39 is 6.09 Å². The second-order valence-corrected chi connectivity index (χ2v) is 4.07. The summed E-state index contributed by atoms with van der Waals surface area (Å²) in [6, 6.07) is 5.29. The molecule has 0 saturated carbocycles. The summed E-state index contributed by atoms with van der Waals surface area (Å²) in [6.07, 6.45) is -0.796. The SMILES string of the molecule is NC(=O)Oc1ccc(Br)cc1I. The highest BCUT2D eigenvalue weighted by atomic mass is 127. The van der Waals surface area contributed by atoms with Gasteiger partial charge in [-0.3, -0.25) is 0 Å². The lowest BCUT2D eigenvalue weighted by molar-refractivity contribution is 0.210. The van der Waals surface area contributed by atoms with Gasteiger partial charge in [0.25, 0.3) is 0 Å². The molecule has 1 aromatic rings. The molecule has 0 aliphatic carbocycles. The molecule has 1 aromatic carbocycles. The maximum atomic E-state index is 10.4. The lowest BCUT2D eigenvalue weighted by Crippen LogP contribution is -2.16. The lowest BCUT2D eigenvalue weighted by atomic mass is 10.3. The number of hydrogen-bond donors (Lipinski definition) is 1. The van der Waals surface area contributed by atoms with Crippen molar-refractivity contribution in [1.29, 1.82) is 0 Å². The number of ether oxygens (including phenoxy) is 1. The molecule has 2 N–H and O–H groups in total. The Bertz CT molecular complexity index is 316. The van der Waals surface area contributed by atoms with E-state index in [1.165, 1.54) is 0 Å². The maximum absolute atomic E-state index is 10.4. The van der Waals surface area contributed by atoms with Gasteiger partial charge in [0.15, 0.2) is 0 Å². The number of nitrogens with two attached hydrogens (primary N) is 1. The first-order valence-electron chi connectivity index (χ1n) is 3.02. The van der Waals surface area contributed by atoms with Crippen molar-refractivity contribution in [2.45, 2.75) is 0 Å². The van der Waals surface area contributed by atoms with Gasteiger partial charge in [-0.2, -0.15) is 0 Å². The second kappa shape index (κ2) is 4.08. The van der Waals surface area contributed by atoms with E-state index in [0.717, 1.165) is 8.04 Å². The van der Waals surface area contributed by atoms with Crippen LogP contribution in [0.1, 0.15) is 0 Å². The topological polar surface area (TPSA) is 52.3 Å². The van der Waals surface area contributed by atoms with Gasteiger partial charge in [0.2, 0.25) is 0 Å². The van der Waals surface area contributed by atoms with Crippen molar-refractivity contribution in [3.63, 3.8) is 0 Å². The van der Waals surface area contributed by atoms with E-state index in [4.69, 9.17) is 10.5 Å². The normalized spacial score (nSPS) is 9.50. The van der Waals surface area contributed by atoms with Crippen LogP contribution in [0.2, 0.25) is 0 Å². The lowest BCUT2D eigenvalue weighted by Gasteiger charge is -2.02. The van der Waals surface area contributed by atoms with Crippen LogP contribution >= 0.6 is 38.5 Å². The molecule has 0 spiro atoms. The molecule has 1 amide bonds. The van der Waals surface area contributed by atoms with Gasteiger partial charge < -0.3 is 10.5 Å². The molecule has 0 heterocycles. The summed E-state index contributed by atoms with van der Waals surface area (Å²) in [5.74, 6) is 0.478. The summed E-state index contributed by atoms with van der Waals surface area (Å²) >= 11 is 5.34. The van der Waals surface area contributed by atoms with Crippen LogP contribution in [0.25, 0.3) is 0 Å². The molecule has 12 heavy (non-hydrogen) atoms. The predicted octanol–water partition coefficient (Wildman–Crippen LogP) is 2.51. The van der Waals surface area contributed by atoms with Crippen LogP contribution in [0.3, 0.4) is 0 Å². The van der Waals surface area contributed by atoms with Crippen molar-refractivity contribution in [3.8, 4) is 5.75 Å². The molecule has 0 aromatic heterocycles. The third-order valence-electron chi connectivity index (χ3n) is 1.10. The van der Waals surface area contributed by atoms with Gasteiger partial charge in [-0.15, -0.1) is 0 Å². The molecule has 5 heteroatoms. The zero-order chi connectivity index (χ0) is 9.14. The fraction of sp³-hybridized carbons (Fsp3) is 0. The first-order chi connectivity index (χ1) is 5.59. The van der Waals surface area contributed by atoms with Gasteiger partial charge in [0, 0.05) is 4.47 Å². The molecule has 0 unspecified atom stereocenters. The Kier molecular flexibility index (Phi) is 3.33. The summed E-state index contributed by atoms with van der Waals surface area (Å²) in [6.45, 7) is 0. The molecule has 0 saturated heterocycles. The Labute approximate surface area is 91.5 Å². The summed E-state index contributed by atoms with van der Waals surface area (Å²) in [5.41, 5.74) is 4.86. The third-order valence-corrected chi connectivity index (χ3v) is 2.44. The number of primary amides is 1. The van der Waals surface area contributed by atoms with E-state index in [0.29, 0.717) is 5.75 Å². The van der Waals surface area contributed by atoms with Gasteiger partial charge in [-0.1, -0.05) is 15.9 Å². The second-order valence-electron chi connectivity index (χ2n) is 2.00. The minimum absolute atomic E-state index is 0.478. The quantitative estimate of drug-likeness (QED) is 0.798. The van der Waals surface area contributed by atoms with E-state index in [1.807, 2.05) is 6.07 Å². The first-order valence-corrected chi connectivity index (χ1v) is 4.89. The Morgan fingerprint density at radius 1 is 1.58 bits per heavy atom. The molecule has 0 fully saturated rings. The number of halogens is 2. The molecule has 0 aliphatic rings. The van der Waals surface area contributed by atoms with Gasteiger partial charge >= 0.3 is 6.09 Å². The highest BCUT2D eigenvalue weighted by Gasteiger charge is 2.03. The zero-order valence-corrected chi connectivity index (χ0v) is 9.63. The van der Waals surface area contributed by atoms with Crippen LogP contribution < -0.4 is 10.5 Å². The standard InChI is InChI=1S/C7H5BrINO2/c8-4-1-2-6(5(9)3-4)12-7(10)11/h1-3H,(H2,10,11). The van der Waals surface area contributed by atoms with E-state index in [1.54, 1.807) is 12.1 Å². The summed E-state index contributed by atoms with van der Waals surface area (Å²) < 4.78 is 6.48. The third kappa shape index (κ3) is 2.63. The average Bonchev–Trinajstić information content (AvgIpc) is 1.94. The van der Waals surface area contributed by atoms with Gasteiger partial charge in [-0.25, -0.2) is 4.79 Å². The number of hydrogen-bond acceptors (Lipinski definition) is 2. The Balaban J connectivity index is 2.93. The predicted molar refractivity (Wildman–Crippen MR) is 57.1 cm³/mol. The van der Waals surface area contributed by atoms with Crippen molar-refractivity contribution in [1.82, 2.24) is 0 Å². The number of carbonyl (C=O) groups excluding carboxylic acids is 1. The fourth-order valence-electron chi connectivity index (χ4n) is 0.666. The molecule has 0 radical (unpaired) electrons. The Morgan fingerprint density at radius 2 is 2.25 bits per heavy atom. The maximum Gasteiger partial charge on any atom is 0.409 e. The van der Waals surface area contributed by atoms with E-state index in [-0.39, 0.29) is 0 Å². The number of benzene rings is 1. The van der Waals surface area contributed by atoms with Crippen molar-refractivity contribution >= 4 is 44.6 Å². The minimum Gasteiger partial charge on any atom is -0.409 e. The summed E-state index contributed by atoms with van der Waals surface area (Å²) in [5, 5.41) is 0. The van der Waals surface area contributed by atoms with Crippen LogP contribution in [0.5, 0.6) is 5.75 Å². The van der Waals surface area contributed by atoms with Crippen molar-refractivity contribution in [2.75, 3.05) is 0 Å². The number of carbonyl (C=O) groups is 1. The van der Waals surface area contributed by atoms with Gasteiger partial charge in [0.05, 0.1) is 3.57 Å². The molecular formula is C7H5BrINO2. The zero-order valence-electron chi connectivity index (χ0n) is 5.88. The van der Waals surface area contributed by atoms with Crippen LogP contribution in [0.4, 0.5) is 4.79 Å². The molecule has 3 nitrogen and oxygen atoms in total. The summed E-state index contributed by atoms with van der Waals surface area (Å²) in [7, 11) is 0. The number of amides is 1. The highest BCUT2D eigenvalue weighted by Crippen LogP contribution is 2.24. The van der Waals surface area contributed by atoms with E-state index in [2.05, 4.69) is 38.5 Å². The van der Waals surface area contributed by atoms with Crippen LogP contribution in [0, 0.1) is 3.57 Å². The van der Waals surface area contributed by atoms with Gasteiger partial charge in [-0.05, 0) is 40.8 Å². The Hall–Kier alpha value is -0.300. The molecule has 0 aliphatic heterocycles. The van der Waals surface area contributed by atoms with Crippen LogP contribution in [-0.4, -0.2) is 6.09 Å². The molecule has 0 bridgehead atoms. The monoisotopic (exact) mass is 341 g/mol. The molecule has 1 rings (SSSR count). The fourth-order valence-corrected chi connectivity index (χ4v) is 2.08. The van der Waals surface area contributed by atoms with Crippen molar-refractivity contribution in [3.05, 3.63) is 26.2 Å². The van der Waals surface area contributed by atoms with Crippen molar-refractivity contribution < 1.29 is 9.53 Å². The summed E-state index contributed by atoms with van der Waals surface area (Å²) in [4.78, 5) is 10.4.